The monoisotopic (exact) mass is 350 g/mol. The van der Waals surface area contributed by atoms with Gasteiger partial charge in [0.05, 0.1) is 0 Å². The molecular formula is C16H31I. The van der Waals surface area contributed by atoms with Crippen LogP contribution in [0.2, 0.25) is 0 Å². The second-order valence-corrected chi connectivity index (χ2v) is 7.69. The lowest BCUT2D eigenvalue weighted by atomic mass is 9.79. The van der Waals surface area contributed by atoms with Gasteiger partial charge in [0.2, 0.25) is 0 Å². The van der Waals surface area contributed by atoms with Gasteiger partial charge in [-0.15, -0.1) is 0 Å². The van der Waals surface area contributed by atoms with E-state index >= 15 is 0 Å². The first-order valence-corrected chi connectivity index (χ1v) is 9.16. The van der Waals surface area contributed by atoms with Gasteiger partial charge in [-0.05, 0) is 36.5 Å². The largest absolute Gasteiger partial charge is 0.0861 e. The highest BCUT2D eigenvalue weighted by molar-refractivity contribution is 14.1. The topological polar surface area (TPSA) is 0 Å². The molecule has 0 unspecified atom stereocenters. The molecule has 0 radical (unpaired) electrons. The van der Waals surface area contributed by atoms with Crippen LogP contribution in [0.15, 0.2) is 0 Å². The third kappa shape index (κ3) is 6.45. The van der Waals surface area contributed by atoms with Gasteiger partial charge in [-0.2, -0.15) is 0 Å². The lowest BCUT2D eigenvalue weighted by Gasteiger charge is -2.28. The average molecular weight is 350 g/mol. The standard InChI is InChI=1S/C16H31I/c1-4-16(2,3)12-6-5-7-14-8-10-15(13-17)11-9-14/h14-15H,4-13H2,1-3H3. The minimum absolute atomic E-state index is 0.582. The molecule has 1 rings (SSSR count). The summed E-state index contributed by atoms with van der Waals surface area (Å²) in [5.41, 5.74) is 0.582. The van der Waals surface area contributed by atoms with E-state index in [1.54, 1.807) is 0 Å². The van der Waals surface area contributed by atoms with Gasteiger partial charge < -0.3 is 0 Å². The van der Waals surface area contributed by atoms with E-state index in [9.17, 15) is 0 Å². The summed E-state index contributed by atoms with van der Waals surface area (Å²) >= 11 is 2.56. The summed E-state index contributed by atoms with van der Waals surface area (Å²) in [6, 6.07) is 0. The number of hydrogen-bond donors (Lipinski definition) is 0. The summed E-state index contributed by atoms with van der Waals surface area (Å²) in [6.45, 7) is 7.16. The third-order valence-corrected chi connectivity index (χ3v) is 6.10. The van der Waals surface area contributed by atoms with Crippen molar-refractivity contribution in [2.75, 3.05) is 4.43 Å². The Balaban J connectivity index is 2.04. The van der Waals surface area contributed by atoms with E-state index in [0.29, 0.717) is 5.41 Å². The van der Waals surface area contributed by atoms with Crippen LogP contribution in [0.4, 0.5) is 0 Å². The van der Waals surface area contributed by atoms with Gasteiger partial charge >= 0.3 is 0 Å². The summed E-state index contributed by atoms with van der Waals surface area (Å²) in [7, 11) is 0. The van der Waals surface area contributed by atoms with Crippen molar-refractivity contribution in [3.05, 3.63) is 0 Å². The summed E-state index contributed by atoms with van der Waals surface area (Å²) in [4.78, 5) is 0. The van der Waals surface area contributed by atoms with Gasteiger partial charge in [-0.3, -0.25) is 0 Å². The van der Waals surface area contributed by atoms with Crippen molar-refractivity contribution in [1.29, 1.82) is 0 Å². The fourth-order valence-electron chi connectivity index (χ4n) is 2.89. The molecule has 0 aromatic rings. The molecule has 0 bridgehead atoms. The van der Waals surface area contributed by atoms with Crippen LogP contribution in [0.25, 0.3) is 0 Å². The Hall–Kier alpha value is 0.730. The van der Waals surface area contributed by atoms with Gasteiger partial charge in [0.1, 0.15) is 0 Å². The van der Waals surface area contributed by atoms with Gasteiger partial charge in [0.15, 0.2) is 0 Å². The summed E-state index contributed by atoms with van der Waals surface area (Å²) < 4.78 is 1.38. The zero-order valence-corrected chi connectivity index (χ0v) is 14.3. The Kier molecular flexibility index (Phi) is 7.44. The molecule has 102 valence electrons. The minimum Gasteiger partial charge on any atom is -0.0861 e. The molecule has 0 aliphatic heterocycles. The van der Waals surface area contributed by atoms with Gasteiger partial charge in [0.25, 0.3) is 0 Å². The molecule has 0 atom stereocenters. The molecule has 1 heteroatoms. The normalized spacial score (nSPS) is 26.1. The molecule has 0 heterocycles. The van der Waals surface area contributed by atoms with Crippen molar-refractivity contribution in [3.63, 3.8) is 0 Å². The summed E-state index contributed by atoms with van der Waals surface area (Å²) in [6.07, 6.45) is 13.2. The van der Waals surface area contributed by atoms with Crippen LogP contribution in [0.1, 0.15) is 78.6 Å². The number of hydrogen-bond acceptors (Lipinski definition) is 0. The summed E-state index contributed by atoms with van der Waals surface area (Å²) in [5.74, 6) is 2.12. The molecule has 1 fully saturated rings. The predicted molar refractivity (Wildman–Crippen MR) is 86.9 cm³/mol. The zero-order chi connectivity index (χ0) is 12.7. The quantitative estimate of drug-likeness (QED) is 0.290. The van der Waals surface area contributed by atoms with E-state index in [0.717, 1.165) is 11.8 Å². The van der Waals surface area contributed by atoms with E-state index in [1.807, 2.05) is 0 Å². The molecule has 0 aromatic carbocycles. The number of rotatable bonds is 7. The summed E-state index contributed by atoms with van der Waals surface area (Å²) in [5, 5.41) is 0. The molecule has 17 heavy (non-hydrogen) atoms. The van der Waals surface area contributed by atoms with Crippen molar-refractivity contribution in [3.8, 4) is 0 Å². The Morgan fingerprint density at radius 1 is 1.00 bits per heavy atom. The molecule has 0 aromatic heterocycles. The lowest BCUT2D eigenvalue weighted by Crippen LogP contribution is -2.15. The minimum atomic E-state index is 0.582. The number of alkyl halides is 1. The van der Waals surface area contributed by atoms with Crippen molar-refractivity contribution in [2.24, 2.45) is 17.3 Å². The fourth-order valence-corrected chi connectivity index (χ4v) is 3.77. The van der Waals surface area contributed by atoms with E-state index in [-0.39, 0.29) is 0 Å². The van der Waals surface area contributed by atoms with Gasteiger partial charge in [0, 0.05) is 4.43 Å². The van der Waals surface area contributed by atoms with Crippen LogP contribution in [0.3, 0.4) is 0 Å². The maximum absolute atomic E-state index is 2.56. The molecule has 0 saturated heterocycles. The highest BCUT2D eigenvalue weighted by atomic mass is 127. The van der Waals surface area contributed by atoms with Crippen molar-refractivity contribution < 1.29 is 0 Å². The van der Waals surface area contributed by atoms with E-state index in [2.05, 4.69) is 43.4 Å². The van der Waals surface area contributed by atoms with Crippen LogP contribution < -0.4 is 0 Å². The van der Waals surface area contributed by atoms with Crippen LogP contribution in [-0.4, -0.2) is 4.43 Å². The fraction of sp³-hybridized carbons (Fsp3) is 1.00. The first-order chi connectivity index (χ1) is 8.07. The maximum Gasteiger partial charge on any atom is 0.00237 e. The van der Waals surface area contributed by atoms with Crippen LogP contribution in [0, 0.1) is 17.3 Å². The van der Waals surface area contributed by atoms with Crippen molar-refractivity contribution in [1.82, 2.24) is 0 Å². The second-order valence-electron chi connectivity index (χ2n) is 6.80. The van der Waals surface area contributed by atoms with Gasteiger partial charge in [-0.25, -0.2) is 0 Å². The average Bonchev–Trinajstić information content (AvgIpc) is 2.35. The van der Waals surface area contributed by atoms with Gasteiger partial charge in [-0.1, -0.05) is 81.9 Å². The molecule has 1 saturated carbocycles. The first kappa shape index (κ1) is 15.8. The van der Waals surface area contributed by atoms with Crippen molar-refractivity contribution in [2.45, 2.75) is 78.6 Å². The number of unbranched alkanes of at least 4 members (excludes halogenated alkanes) is 1. The van der Waals surface area contributed by atoms with E-state index in [1.165, 1.54) is 62.2 Å². The smallest absolute Gasteiger partial charge is 0.00237 e. The zero-order valence-electron chi connectivity index (χ0n) is 12.1. The van der Waals surface area contributed by atoms with Crippen molar-refractivity contribution >= 4 is 22.6 Å². The maximum atomic E-state index is 2.56. The molecule has 1 aliphatic rings. The number of halogens is 1. The molecule has 1 aliphatic carbocycles. The Labute approximate surface area is 122 Å². The molecule has 0 spiro atoms. The van der Waals surface area contributed by atoms with E-state index < -0.39 is 0 Å². The van der Waals surface area contributed by atoms with E-state index in [4.69, 9.17) is 0 Å². The third-order valence-electron chi connectivity index (χ3n) is 4.86. The lowest BCUT2D eigenvalue weighted by molar-refractivity contribution is 0.262. The Bertz CT molecular complexity index is 190. The van der Waals surface area contributed by atoms with Crippen LogP contribution >= 0.6 is 22.6 Å². The highest BCUT2D eigenvalue weighted by Gasteiger charge is 2.20. The Morgan fingerprint density at radius 2 is 1.59 bits per heavy atom. The van der Waals surface area contributed by atoms with Crippen LogP contribution in [0.5, 0.6) is 0 Å². The molecule has 0 amide bonds. The first-order valence-electron chi connectivity index (χ1n) is 7.63. The predicted octanol–water partition coefficient (Wildman–Crippen LogP) is 6.22. The highest BCUT2D eigenvalue weighted by Crippen LogP contribution is 2.34. The Morgan fingerprint density at radius 3 is 2.12 bits per heavy atom. The second kappa shape index (κ2) is 8.01. The molecule has 0 nitrogen and oxygen atoms in total. The van der Waals surface area contributed by atoms with Crippen LogP contribution in [-0.2, 0) is 0 Å². The SMILES string of the molecule is CCC(C)(C)CCCCC1CCC(CI)CC1. The molecule has 0 N–H and O–H groups in total. The molecular weight excluding hydrogens is 319 g/mol.